The summed E-state index contributed by atoms with van der Waals surface area (Å²) in [5.41, 5.74) is 2.25. The molecule has 1 aliphatic rings. The highest BCUT2D eigenvalue weighted by molar-refractivity contribution is 5.77. The molecule has 116 valence electrons. The van der Waals surface area contributed by atoms with Crippen LogP contribution in [0.2, 0.25) is 0 Å². The fraction of sp³-hybridized carbons (Fsp3) is 0.562. The maximum Gasteiger partial charge on any atom is 0.257 e. The van der Waals surface area contributed by atoms with Gasteiger partial charge in [-0.25, -0.2) is 0 Å². The Labute approximate surface area is 126 Å². The van der Waals surface area contributed by atoms with Gasteiger partial charge in [0, 0.05) is 26.2 Å². The van der Waals surface area contributed by atoms with E-state index < -0.39 is 0 Å². The Morgan fingerprint density at radius 2 is 2.10 bits per heavy atom. The van der Waals surface area contributed by atoms with E-state index in [-0.39, 0.29) is 12.5 Å². The Morgan fingerprint density at radius 3 is 2.86 bits per heavy atom. The number of benzene rings is 1. The van der Waals surface area contributed by atoms with Crippen LogP contribution in [0, 0.1) is 13.8 Å². The second-order valence-electron chi connectivity index (χ2n) is 5.29. The second-order valence-corrected chi connectivity index (χ2v) is 5.29. The molecule has 0 atom stereocenters. The number of nitrogens with zero attached hydrogens (tertiary/aromatic N) is 1. The molecule has 1 saturated heterocycles. The molecule has 1 aromatic rings. The maximum atomic E-state index is 11.8. The molecule has 1 heterocycles. The van der Waals surface area contributed by atoms with Crippen LogP contribution in [-0.2, 0) is 9.53 Å². The molecule has 1 aromatic carbocycles. The maximum absolute atomic E-state index is 11.8. The summed E-state index contributed by atoms with van der Waals surface area (Å²) in [6.45, 7) is 9.05. The van der Waals surface area contributed by atoms with Gasteiger partial charge in [0.05, 0.1) is 13.2 Å². The average Bonchev–Trinajstić information content (AvgIpc) is 2.50. The van der Waals surface area contributed by atoms with Gasteiger partial charge in [0.25, 0.3) is 5.91 Å². The molecular formula is C16H24N2O3. The molecule has 1 aliphatic heterocycles. The van der Waals surface area contributed by atoms with Crippen LogP contribution in [0.1, 0.15) is 11.1 Å². The van der Waals surface area contributed by atoms with Crippen molar-refractivity contribution in [2.75, 3.05) is 46.0 Å². The van der Waals surface area contributed by atoms with E-state index in [1.165, 1.54) is 5.56 Å². The van der Waals surface area contributed by atoms with Gasteiger partial charge in [0.1, 0.15) is 5.75 Å². The molecule has 5 heteroatoms. The van der Waals surface area contributed by atoms with Gasteiger partial charge in [0.2, 0.25) is 0 Å². The number of nitrogens with one attached hydrogen (secondary N) is 1. The molecule has 0 saturated carbocycles. The summed E-state index contributed by atoms with van der Waals surface area (Å²) >= 11 is 0. The minimum atomic E-state index is -0.0795. The van der Waals surface area contributed by atoms with Gasteiger partial charge in [-0.15, -0.1) is 0 Å². The highest BCUT2D eigenvalue weighted by Crippen LogP contribution is 2.20. The Morgan fingerprint density at radius 1 is 1.33 bits per heavy atom. The number of aryl methyl sites for hydroxylation is 1. The van der Waals surface area contributed by atoms with Crippen molar-refractivity contribution in [2.24, 2.45) is 0 Å². The zero-order valence-electron chi connectivity index (χ0n) is 12.9. The third kappa shape index (κ3) is 5.02. The van der Waals surface area contributed by atoms with Crippen molar-refractivity contribution in [1.29, 1.82) is 0 Å². The molecule has 2 rings (SSSR count). The summed E-state index contributed by atoms with van der Waals surface area (Å²) in [5.74, 6) is 0.697. The van der Waals surface area contributed by atoms with Crippen LogP contribution in [0.15, 0.2) is 18.2 Å². The number of hydrogen-bond acceptors (Lipinski definition) is 4. The van der Waals surface area contributed by atoms with Crippen LogP contribution in [0.5, 0.6) is 5.75 Å². The third-order valence-corrected chi connectivity index (χ3v) is 3.77. The summed E-state index contributed by atoms with van der Waals surface area (Å²) < 4.78 is 10.9. The van der Waals surface area contributed by atoms with Crippen LogP contribution < -0.4 is 10.1 Å². The van der Waals surface area contributed by atoms with Gasteiger partial charge in [-0.1, -0.05) is 12.1 Å². The van der Waals surface area contributed by atoms with Crippen molar-refractivity contribution in [3.8, 4) is 5.75 Å². The van der Waals surface area contributed by atoms with Crippen molar-refractivity contribution in [3.05, 3.63) is 29.3 Å². The number of hydrogen-bond donors (Lipinski definition) is 1. The first-order valence-corrected chi connectivity index (χ1v) is 7.42. The SMILES string of the molecule is Cc1cccc(OCC(=O)NCCN2CCOCC2)c1C. The predicted molar refractivity (Wildman–Crippen MR) is 81.7 cm³/mol. The first kappa shape index (κ1) is 15.8. The standard InChI is InChI=1S/C16H24N2O3/c1-13-4-3-5-15(14(13)2)21-12-16(19)17-6-7-18-8-10-20-11-9-18/h3-5H,6-12H2,1-2H3,(H,17,19). The van der Waals surface area contributed by atoms with Gasteiger partial charge in [-0.05, 0) is 31.0 Å². The van der Waals surface area contributed by atoms with E-state index >= 15 is 0 Å². The van der Waals surface area contributed by atoms with E-state index in [0.717, 1.165) is 44.2 Å². The molecule has 0 radical (unpaired) electrons. The fourth-order valence-corrected chi connectivity index (χ4v) is 2.25. The largest absolute Gasteiger partial charge is 0.483 e. The molecular weight excluding hydrogens is 268 g/mol. The van der Waals surface area contributed by atoms with Gasteiger partial charge in [-0.2, -0.15) is 0 Å². The normalized spacial score (nSPS) is 15.7. The van der Waals surface area contributed by atoms with Crippen LogP contribution >= 0.6 is 0 Å². The van der Waals surface area contributed by atoms with E-state index in [0.29, 0.717) is 6.54 Å². The average molecular weight is 292 g/mol. The topological polar surface area (TPSA) is 50.8 Å². The molecule has 0 bridgehead atoms. The molecule has 21 heavy (non-hydrogen) atoms. The quantitative estimate of drug-likeness (QED) is 0.854. The first-order valence-electron chi connectivity index (χ1n) is 7.42. The number of morpholine rings is 1. The lowest BCUT2D eigenvalue weighted by molar-refractivity contribution is -0.123. The lowest BCUT2D eigenvalue weighted by Crippen LogP contribution is -2.42. The van der Waals surface area contributed by atoms with E-state index in [2.05, 4.69) is 10.2 Å². The van der Waals surface area contributed by atoms with Crippen molar-refractivity contribution in [2.45, 2.75) is 13.8 Å². The molecule has 5 nitrogen and oxygen atoms in total. The summed E-state index contributed by atoms with van der Waals surface area (Å²) in [7, 11) is 0. The van der Waals surface area contributed by atoms with Gasteiger partial charge in [0.15, 0.2) is 6.61 Å². The van der Waals surface area contributed by atoms with Crippen LogP contribution in [-0.4, -0.2) is 56.8 Å². The van der Waals surface area contributed by atoms with Crippen LogP contribution in [0.25, 0.3) is 0 Å². The Kier molecular flexibility index (Phi) is 6.02. The van der Waals surface area contributed by atoms with Crippen LogP contribution in [0.4, 0.5) is 0 Å². The minimum Gasteiger partial charge on any atom is -0.483 e. The van der Waals surface area contributed by atoms with Crippen molar-refractivity contribution < 1.29 is 14.3 Å². The zero-order chi connectivity index (χ0) is 15.1. The smallest absolute Gasteiger partial charge is 0.257 e. The minimum absolute atomic E-state index is 0.0629. The Balaban J connectivity index is 1.66. The highest BCUT2D eigenvalue weighted by atomic mass is 16.5. The van der Waals surface area contributed by atoms with Crippen molar-refractivity contribution in [3.63, 3.8) is 0 Å². The molecule has 1 fully saturated rings. The van der Waals surface area contributed by atoms with Crippen LogP contribution in [0.3, 0.4) is 0 Å². The highest BCUT2D eigenvalue weighted by Gasteiger charge is 2.10. The lowest BCUT2D eigenvalue weighted by Gasteiger charge is -2.26. The molecule has 0 aliphatic carbocycles. The third-order valence-electron chi connectivity index (χ3n) is 3.77. The Hall–Kier alpha value is -1.59. The summed E-state index contributed by atoms with van der Waals surface area (Å²) in [6, 6.07) is 5.86. The lowest BCUT2D eigenvalue weighted by atomic mass is 10.1. The van der Waals surface area contributed by atoms with Gasteiger partial charge in [-0.3, -0.25) is 9.69 Å². The van der Waals surface area contributed by atoms with Crippen molar-refractivity contribution >= 4 is 5.91 Å². The number of carbonyl (C=O) groups excluding carboxylic acids is 1. The van der Waals surface area contributed by atoms with E-state index in [1.54, 1.807) is 0 Å². The van der Waals surface area contributed by atoms with E-state index in [1.807, 2.05) is 32.0 Å². The van der Waals surface area contributed by atoms with E-state index in [4.69, 9.17) is 9.47 Å². The fourth-order valence-electron chi connectivity index (χ4n) is 2.25. The van der Waals surface area contributed by atoms with Gasteiger partial charge >= 0.3 is 0 Å². The number of ether oxygens (including phenoxy) is 2. The molecule has 0 unspecified atom stereocenters. The summed E-state index contributed by atoms with van der Waals surface area (Å²) in [4.78, 5) is 14.1. The molecule has 1 amide bonds. The number of amides is 1. The molecule has 0 spiro atoms. The monoisotopic (exact) mass is 292 g/mol. The summed E-state index contributed by atoms with van der Waals surface area (Å²) in [6.07, 6.45) is 0. The summed E-state index contributed by atoms with van der Waals surface area (Å²) in [5, 5.41) is 2.89. The number of rotatable bonds is 6. The van der Waals surface area contributed by atoms with Crippen molar-refractivity contribution in [1.82, 2.24) is 10.2 Å². The van der Waals surface area contributed by atoms with E-state index in [9.17, 15) is 4.79 Å². The second kappa shape index (κ2) is 8.00. The molecule has 1 N–H and O–H groups in total. The number of carbonyl (C=O) groups is 1. The Bertz CT molecular complexity index is 471. The molecule has 0 aromatic heterocycles. The predicted octanol–water partition coefficient (Wildman–Crippen LogP) is 1.13. The van der Waals surface area contributed by atoms with Gasteiger partial charge < -0.3 is 14.8 Å². The first-order chi connectivity index (χ1) is 10.2. The zero-order valence-corrected chi connectivity index (χ0v) is 12.9.